The molecule has 0 saturated carbocycles. The van der Waals surface area contributed by atoms with Crippen molar-refractivity contribution >= 4 is 34.6 Å². The van der Waals surface area contributed by atoms with Crippen molar-refractivity contribution < 1.29 is 19.2 Å². The lowest BCUT2D eigenvalue weighted by Crippen LogP contribution is -2.21. The number of benzene rings is 3. The van der Waals surface area contributed by atoms with Crippen LogP contribution in [0.3, 0.4) is 0 Å². The number of hydrogen-bond donors (Lipinski definition) is 2. The Bertz CT molecular complexity index is 1020. The molecule has 2 N–H and O–H groups in total. The summed E-state index contributed by atoms with van der Waals surface area (Å²) in [5, 5.41) is 16.9. The predicted octanol–water partition coefficient (Wildman–Crippen LogP) is 4.13. The van der Waals surface area contributed by atoms with Crippen LogP contribution in [-0.4, -0.2) is 23.4 Å². The molecule has 0 spiro atoms. The zero-order valence-electron chi connectivity index (χ0n) is 15.2. The summed E-state index contributed by atoms with van der Waals surface area (Å²) in [4.78, 5) is 34.9. The van der Waals surface area contributed by atoms with Crippen LogP contribution in [-0.2, 0) is 9.53 Å². The molecule has 0 aromatic heterocycles. The standard InChI is InChI=1S/C21H17N3O5/c25-20(23-17-9-5-2-6-10-17)14-29-21(26)15-11-12-18(19(13-15)24(27)28)22-16-7-3-1-4-8-16/h1-13,22H,14H2,(H,23,25). The van der Waals surface area contributed by atoms with Gasteiger partial charge in [-0.2, -0.15) is 0 Å². The van der Waals surface area contributed by atoms with E-state index >= 15 is 0 Å². The largest absolute Gasteiger partial charge is 0.452 e. The third-order valence-electron chi connectivity index (χ3n) is 3.87. The van der Waals surface area contributed by atoms with E-state index in [1.54, 1.807) is 54.6 Å². The highest BCUT2D eigenvalue weighted by atomic mass is 16.6. The first kappa shape index (κ1) is 19.6. The third kappa shape index (κ3) is 5.39. The Labute approximate surface area is 166 Å². The Morgan fingerprint density at radius 1 is 0.897 bits per heavy atom. The minimum absolute atomic E-state index is 0.0252. The summed E-state index contributed by atoms with van der Waals surface area (Å²) in [6.07, 6.45) is 0. The van der Waals surface area contributed by atoms with Gasteiger partial charge in [0.25, 0.3) is 11.6 Å². The number of anilines is 3. The second-order valence-electron chi connectivity index (χ2n) is 5.97. The van der Waals surface area contributed by atoms with Crippen LogP contribution in [0, 0.1) is 10.1 Å². The van der Waals surface area contributed by atoms with Gasteiger partial charge in [-0.05, 0) is 36.4 Å². The van der Waals surface area contributed by atoms with E-state index in [9.17, 15) is 19.7 Å². The fraction of sp³-hybridized carbons (Fsp3) is 0.0476. The van der Waals surface area contributed by atoms with Crippen molar-refractivity contribution in [2.75, 3.05) is 17.2 Å². The molecule has 8 nitrogen and oxygen atoms in total. The van der Waals surface area contributed by atoms with Gasteiger partial charge in [0, 0.05) is 17.4 Å². The monoisotopic (exact) mass is 391 g/mol. The van der Waals surface area contributed by atoms with E-state index in [0.29, 0.717) is 11.4 Å². The molecule has 8 heteroatoms. The summed E-state index contributed by atoms with van der Waals surface area (Å²) in [6, 6.07) is 21.6. The smallest absolute Gasteiger partial charge is 0.338 e. The molecule has 0 fully saturated rings. The van der Waals surface area contributed by atoms with Gasteiger partial charge in [0.15, 0.2) is 6.61 Å². The number of rotatable bonds is 7. The van der Waals surface area contributed by atoms with Gasteiger partial charge in [0.2, 0.25) is 0 Å². The zero-order chi connectivity index (χ0) is 20.6. The number of ether oxygens (including phenoxy) is 1. The molecule has 1 amide bonds. The van der Waals surface area contributed by atoms with Gasteiger partial charge >= 0.3 is 5.97 Å². The number of nitrogens with zero attached hydrogens (tertiary/aromatic N) is 1. The third-order valence-corrected chi connectivity index (χ3v) is 3.87. The van der Waals surface area contributed by atoms with E-state index in [-0.39, 0.29) is 16.9 Å². The molecule has 0 aliphatic heterocycles. The Morgan fingerprint density at radius 2 is 1.52 bits per heavy atom. The number of carbonyl (C=O) groups excluding carboxylic acids is 2. The van der Waals surface area contributed by atoms with E-state index in [0.717, 1.165) is 6.07 Å². The molecular formula is C21H17N3O5. The van der Waals surface area contributed by atoms with Crippen LogP contribution in [0.15, 0.2) is 78.9 Å². The predicted molar refractivity (Wildman–Crippen MR) is 108 cm³/mol. The highest BCUT2D eigenvalue weighted by Gasteiger charge is 2.19. The maximum absolute atomic E-state index is 12.2. The zero-order valence-corrected chi connectivity index (χ0v) is 15.2. The van der Waals surface area contributed by atoms with Crippen LogP contribution in [0.1, 0.15) is 10.4 Å². The van der Waals surface area contributed by atoms with Crippen LogP contribution in [0.2, 0.25) is 0 Å². The summed E-state index contributed by atoms with van der Waals surface area (Å²) in [5.74, 6) is -1.34. The van der Waals surface area contributed by atoms with Gasteiger partial charge < -0.3 is 15.4 Å². The Balaban J connectivity index is 1.66. The average molecular weight is 391 g/mol. The Kier molecular flexibility index (Phi) is 6.16. The Morgan fingerprint density at radius 3 is 2.14 bits per heavy atom. The topological polar surface area (TPSA) is 111 Å². The number of esters is 1. The summed E-state index contributed by atoms with van der Waals surface area (Å²) in [6.45, 7) is -0.508. The van der Waals surface area contributed by atoms with Crippen LogP contribution >= 0.6 is 0 Å². The molecule has 3 rings (SSSR count). The van der Waals surface area contributed by atoms with E-state index in [4.69, 9.17) is 4.74 Å². The van der Waals surface area contributed by atoms with Crippen LogP contribution in [0.5, 0.6) is 0 Å². The second-order valence-corrected chi connectivity index (χ2v) is 5.97. The number of carbonyl (C=O) groups is 2. The molecule has 29 heavy (non-hydrogen) atoms. The first-order chi connectivity index (χ1) is 14.0. The fourth-order valence-electron chi connectivity index (χ4n) is 2.53. The molecule has 0 aliphatic rings. The van der Waals surface area contributed by atoms with E-state index in [1.807, 2.05) is 6.07 Å². The van der Waals surface area contributed by atoms with Crippen molar-refractivity contribution in [1.29, 1.82) is 0 Å². The number of nitro groups is 1. The first-order valence-electron chi connectivity index (χ1n) is 8.65. The van der Waals surface area contributed by atoms with Crippen molar-refractivity contribution in [2.24, 2.45) is 0 Å². The molecule has 3 aromatic rings. The van der Waals surface area contributed by atoms with Gasteiger partial charge in [-0.25, -0.2) is 4.79 Å². The summed E-state index contributed by atoms with van der Waals surface area (Å²) in [7, 11) is 0. The fourth-order valence-corrected chi connectivity index (χ4v) is 2.53. The van der Waals surface area contributed by atoms with Gasteiger partial charge in [0.1, 0.15) is 5.69 Å². The van der Waals surface area contributed by atoms with Gasteiger partial charge in [0.05, 0.1) is 10.5 Å². The molecule has 0 saturated heterocycles. The van der Waals surface area contributed by atoms with Gasteiger partial charge in [-0.3, -0.25) is 14.9 Å². The van der Waals surface area contributed by atoms with E-state index in [1.165, 1.54) is 12.1 Å². The molecule has 146 valence electrons. The minimum Gasteiger partial charge on any atom is -0.452 e. The Hall–Kier alpha value is -4.20. The minimum atomic E-state index is -0.831. The van der Waals surface area contributed by atoms with Crippen molar-refractivity contribution in [3.05, 3.63) is 94.5 Å². The highest BCUT2D eigenvalue weighted by molar-refractivity contribution is 5.96. The van der Waals surface area contributed by atoms with Gasteiger partial charge in [-0.15, -0.1) is 0 Å². The molecule has 0 atom stereocenters. The lowest BCUT2D eigenvalue weighted by atomic mass is 10.1. The van der Waals surface area contributed by atoms with Crippen LogP contribution < -0.4 is 10.6 Å². The first-order valence-corrected chi connectivity index (χ1v) is 8.65. The molecule has 0 bridgehead atoms. The number of hydrogen-bond acceptors (Lipinski definition) is 6. The SMILES string of the molecule is O=C(COC(=O)c1ccc(Nc2ccccc2)c([N+](=O)[O-])c1)Nc1ccccc1. The normalized spacial score (nSPS) is 10.1. The molecule has 3 aromatic carbocycles. The summed E-state index contributed by atoms with van der Waals surface area (Å²) < 4.78 is 4.96. The van der Waals surface area contributed by atoms with Crippen molar-refractivity contribution in [3.63, 3.8) is 0 Å². The second kappa shape index (κ2) is 9.14. The van der Waals surface area contributed by atoms with Crippen molar-refractivity contribution in [3.8, 4) is 0 Å². The van der Waals surface area contributed by atoms with Crippen molar-refractivity contribution in [2.45, 2.75) is 0 Å². The number of amides is 1. The number of para-hydroxylation sites is 2. The maximum Gasteiger partial charge on any atom is 0.338 e. The van der Waals surface area contributed by atoms with Gasteiger partial charge in [-0.1, -0.05) is 36.4 Å². The number of nitro benzene ring substituents is 1. The van der Waals surface area contributed by atoms with Crippen molar-refractivity contribution in [1.82, 2.24) is 0 Å². The molecule has 0 heterocycles. The van der Waals surface area contributed by atoms with Crippen LogP contribution in [0.4, 0.5) is 22.7 Å². The summed E-state index contributed by atoms with van der Waals surface area (Å²) >= 11 is 0. The van der Waals surface area contributed by atoms with E-state index < -0.39 is 23.4 Å². The lowest BCUT2D eigenvalue weighted by Gasteiger charge is -2.09. The number of nitrogens with one attached hydrogen (secondary N) is 2. The average Bonchev–Trinajstić information content (AvgIpc) is 2.73. The van der Waals surface area contributed by atoms with E-state index in [2.05, 4.69) is 10.6 Å². The lowest BCUT2D eigenvalue weighted by molar-refractivity contribution is -0.383. The molecular weight excluding hydrogens is 374 g/mol. The molecule has 0 aliphatic carbocycles. The maximum atomic E-state index is 12.2. The summed E-state index contributed by atoms with van der Waals surface area (Å²) in [5.41, 5.74) is 1.17. The highest BCUT2D eigenvalue weighted by Crippen LogP contribution is 2.28. The quantitative estimate of drug-likeness (QED) is 0.356. The molecule has 0 unspecified atom stereocenters. The molecule has 0 radical (unpaired) electrons. The van der Waals surface area contributed by atoms with Crippen LogP contribution in [0.25, 0.3) is 0 Å².